The van der Waals surface area contributed by atoms with E-state index >= 15 is 0 Å². The highest BCUT2D eigenvalue weighted by Crippen LogP contribution is 2.33. The lowest BCUT2D eigenvalue weighted by Crippen LogP contribution is -2.39. The second kappa shape index (κ2) is 6.38. The number of likely N-dealkylation sites (N-methyl/N-ethyl adjacent to an activating group) is 1. The third kappa shape index (κ3) is 3.38. The Labute approximate surface area is 132 Å². The van der Waals surface area contributed by atoms with Crippen LogP contribution in [0.5, 0.6) is 5.75 Å². The molecule has 0 aliphatic carbocycles. The standard InChI is InChI=1S/C12H10Br2N2O3.H2O/c1-15-5-7(6-16(19)12(15)18)2-8-3-9(13)4-10(14)11(8)17;/h2-4,6,17H,5H2,1H3;1H2. The maximum absolute atomic E-state index is 11.4. The summed E-state index contributed by atoms with van der Waals surface area (Å²) in [6.07, 6.45) is 2.88. The van der Waals surface area contributed by atoms with Crippen molar-refractivity contribution < 1.29 is 20.1 Å². The van der Waals surface area contributed by atoms with Gasteiger partial charge in [-0.1, -0.05) is 15.9 Å². The number of hydroxylamine groups is 1. The maximum atomic E-state index is 11.4. The number of phenolic OH excluding ortho intramolecular Hbond substituents is 1. The summed E-state index contributed by atoms with van der Waals surface area (Å²) in [5, 5.41) is 21.3. The topological polar surface area (TPSA) is 98.1 Å². The van der Waals surface area contributed by atoms with Gasteiger partial charge in [0.25, 0.3) is 0 Å². The summed E-state index contributed by atoms with van der Waals surface area (Å²) in [4.78, 5) is 12.6. The Morgan fingerprint density at radius 3 is 2.70 bits per heavy atom. The number of urea groups is 1. The van der Waals surface area contributed by atoms with E-state index in [9.17, 15) is 15.1 Å². The summed E-state index contributed by atoms with van der Waals surface area (Å²) in [5.74, 6) is 0.0844. The van der Waals surface area contributed by atoms with Gasteiger partial charge in [0.15, 0.2) is 0 Å². The van der Waals surface area contributed by atoms with Crippen LogP contribution in [-0.2, 0) is 0 Å². The van der Waals surface area contributed by atoms with Crippen molar-refractivity contribution in [2.24, 2.45) is 0 Å². The van der Waals surface area contributed by atoms with E-state index in [1.165, 1.54) is 11.1 Å². The van der Waals surface area contributed by atoms with E-state index in [1.807, 2.05) is 0 Å². The van der Waals surface area contributed by atoms with E-state index in [4.69, 9.17) is 0 Å². The molecule has 0 aromatic heterocycles. The van der Waals surface area contributed by atoms with Gasteiger partial charge in [0.05, 0.1) is 11.5 Å². The number of halogens is 2. The van der Waals surface area contributed by atoms with Gasteiger partial charge in [-0.2, -0.15) is 4.79 Å². The Hall–Kier alpha value is -1.38. The fraction of sp³-hybridized carbons (Fsp3) is 0.167. The van der Waals surface area contributed by atoms with Crippen molar-refractivity contribution >= 4 is 50.2 Å². The maximum Gasteiger partial charge on any atom is 0.496 e. The predicted molar refractivity (Wildman–Crippen MR) is 82.8 cm³/mol. The van der Waals surface area contributed by atoms with E-state index < -0.39 is 6.03 Å². The van der Waals surface area contributed by atoms with Crippen LogP contribution in [0.3, 0.4) is 0 Å². The average Bonchev–Trinajstić information content (AvgIpc) is 2.32. The molecule has 0 spiro atoms. The fourth-order valence-electron chi connectivity index (χ4n) is 1.73. The number of rotatable bonds is 1. The number of benzene rings is 1. The van der Waals surface area contributed by atoms with Crippen LogP contribution in [0.25, 0.3) is 6.08 Å². The Bertz CT molecular complexity index is 614. The normalized spacial score (nSPS) is 16.9. The van der Waals surface area contributed by atoms with E-state index in [-0.39, 0.29) is 16.0 Å². The summed E-state index contributed by atoms with van der Waals surface area (Å²) in [5.41, 5.74) is 1.20. The molecule has 8 heteroatoms. The van der Waals surface area contributed by atoms with Crippen LogP contribution in [0.2, 0.25) is 0 Å². The molecule has 1 aromatic carbocycles. The number of carbonyl (C=O) groups is 1. The molecule has 20 heavy (non-hydrogen) atoms. The first-order valence-electron chi connectivity index (χ1n) is 5.33. The lowest BCUT2D eigenvalue weighted by molar-refractivity contribution is -0.358. The van der Waals surface area contributed by atoms with E-state index in [0.717, 1.165) is 4.47 Å². The highest BCUT2D eigenvalue weighted by atomic mass is 79.9. The van der Waals surface area contributed by atoms with Crippen LogP contribution in [0.15, 0.2) is 26.7 Å². The molecule has 108 valence electrons. The Kier molecular flexibility index (Phi) is 5.32. The van der Waals surface area contributed by atoms with Crippen molar-refractivity contribution in [2.75, 3.05) is 13.6 Å². The quantitative estimate of drug-likeness (QED) is 0.570. The highest BCUT2D eigenvalue weighted by molar-refractivity contribution is 9.11. The van der Waals surface area contributed by atoms with Crippen LogP contribution in [-0.4, -0.2) is 46.1 Å². The number of amides is 2. The summed E-state index contributed by atoms with van der Waals surface area (Å²) >= 11 is 6.57. The molecule has 0 bridgehead atoms. The van der Waals surface area contributed by atoms with Gasteiger partial charge in [-0.3, -0.25) is 0 Å². The van der Waals surface area contributed by atoms with Crippen LogP contribution in [0.4, 0.5) is 4.79 Å². The van der Waals surface area contributed by atoms with Gasteiger partial charge in [0.2, 0.25) is 0 Å². The van der Waals surface area contributed by atoms with Crippen molar-refractivity contribution in [1.29, 1.82) is 0 Å². The lowest BCUT2D eigenvalue weighted by Gasteiger charge is -2.19. The van der Waals surface area contributed by atoms with Gasteiger partial charge in [0.1, 0.15) is 18.5 Å². The van der Waals surface area contributed by atoms with Crippen molar-refractivity contribution in [3.63, 3.8) is 0 Å². The highest BCUT2D eigenvalue weighted by Gasteiger charge is 2.24. The molecular weight excluding hydrogens is 396 g/mol. The number of aromatic hydroxyl groups is 1. The average molecular weight is 408 g/mol. The minimum absolute atomic E-state index is 0. The Balaban J connectivity index is 0.00000200. The molecule has 1 aliphatic rings. The van der Waals surface area contributed by atoms with Gasteiger partial charge in [-0.05, 0) is 34.1 Å². The third-order valence-electron chi connectivity index (χ3n) is 2.62. The second-order valence-corrected chi connectivity index (χ2v) is 5.91. The fourth-order valence-corrected chi connectivity index (χ4v) is 2.99. The molecule has 0 saturated heterocycles. The number of hydrogen-bond acceptors (Lipinski definition) is 3. The van der Waals surface area contributed by atoms with E-state index in [1.54, 1.807) is 25.3 Å². The first-order chi connectivity index (χ1) is 8.88. The number of phenols is 1. The van der Waals surface area contributed by atoms with Crippen LogP contribution < -0.4 is 0 Å². The zero-order valence-electron chi connectivity index (χ0n) is 10.4. The lowest BCUT2D eigenvalue weighted by atomic mass is 10.1. The SMILES string of the molecule is CN1CC(=Cc2cc(Br)cc(Br)c2O)C=[N+]([O-])C1=O.O. The molecule has 0 saturated carbocycles. The second-order valence-electron chi connectivity index (χ2n) is 4.14. The largest absolute Gasteiger partial charge is 0.708 e. The molecule has 1 heterocycles. The Morgan fingerprint density at radius 1 is 1.45 bits per heavy atom. The van der Waals surface area contributed by atoms with Crippen molar-refractivity contribution in [2.45, 2.75) is 0 Å². The molecule has 0 radical (unpaired) electrons. The predicted octanol–water partition coefficient (Wildman–Crippen LogP) is 2.12. The summed E-state index contributed by atoms with van der Waals surface area (Å²) in [7, 11) is 1.55. The van der Waals surface area contributed by atoms with Crippen LogP contribution >= 0.6 is 31.9 Å². The third-order valence-corrected chi connectivity index (χ3v) is 3.68. The molecule has 3 N–H and O–H groups in total. The van der Waals surface area contributed by atoms with Gasteiger partial charge < -0.3 is 15.8 Å². The molecule has 6 nitrogen and oxygen atoms in total. The first-order valence-corrected chi connectivity index (χ1v) is 6.92. The molecular formula is C12H12Br2N2O4. The monoisotopic (exact) mass is 406 g/mol. The molecule has 2 rings (SSSR count). The van der Waals surface area contributed by atoms with Gasteiger partial charge in [0, 0.05) is 15.6 Å². The van der Waals surface area contributed by atoms with E-state index in [2.05, 4.69) is 31.9 Å². The van der Waals surface area contributed by atoms with Gasteiger partial charge in [-0.25, -0.2) is 9.64 Å². The smallest absolute Gasteiger partial charge is 0.496 e. The molecule has 0 fully saturated rings. The number of hydrogen-bond donors (Lipinski definition) is 1. The van der Waals surface area contributed by atoms with Crippen LogP contribution in [0.1, 0.15) is 5.56 Å². The van der Waals surface area contributed by atoms with Crippen molar-refractivity contribution in [1.82, 2.24) is 4.90 Å². The molecule has 0 unspecified atom stereocenters. The zero-order valence-corrected chi connectivity index (χ0v) is 13.6. The Morgan fingerprint density at radius 2 is 2.10 bits per heavy atom. The number of nitrogens with zero attached hydrogens (tertiary/aromatic N) is 2. The first kappa shape index (κ1) is 16.7. The zero-order chi connectivity index (χ0) is 14.2. The molecule has 2 amide bonds. The molecule has 0 atom stereocenters. The molecule has 1 aromatic rings. The summed E-state index contributed by atoms with van der Waals surface area (Å²) in [6, 6.07) is 2.85. The number of carbonyl (C=O) groups excluding carboxylic acids is 1. The van der Waals surface area contributed by atoms with Crippen molar-refractivity contribution in [3.8, 4) is 5.75 Å². The summed E-state index contributed by atoms with van der Waals surface area (Å²) < 4.78 is 1.62. The van der Waals surface area contributed by atoms with Crippen molar-refractivity contribution in [3.05, 3.63) is 37.4 Å². The van der Waals surface area contributed by atoms with Crippen LogP contribution in [0, 0.1) is 5.21 Å². The van der Waals surface area contributed by atoms with Gasteiger partial charge in [-0.15, -0.1) is 0 Å². The summed E-state index contributed by atoms with van der Waals surface area (Å²) in [6.45, 7) is 0.321. The van der Waals surface area contributed by atoms with E-state index in [0.29, 0.717) is 22.2 Å². The van der Waals surface area contributed by atoms with Gasteiger partial charge >= 0.3 is 6.03 Å². The molecule has 1 aliphatic heterocycles. The minimum atomic E-state index is -0.600. The minimum Gasteiger partial charge on any atom is -0.708 e.